The molecule has 6 heteroatoms. The van der Waals surface area contributed by atoms with Crippen LogP contribution < -0.4 is 11.2 Å². The monoisotopic (exact) mass is 416 g/mol. The van der Waals surface area contributed by atoms with E-state index in [0.29, 0.717) is 36.6 Å². The number of rotatable bonds is 7. The molecular formula is C25H28N4O2. The van der Waals surface area contributed by atoms with Crippen molar-refractivity contribution in [3.8, 4) is 5.69 Å². The second-order valence-electron chi connectivity index (χ2n) is 8.17. The first-order valence-corrected chi connectivity index (χ1v) is 10.9. The molecular weight excluding hydrogens is 388 g/mol. The zero-order valence-electron chi connectivity index (χ0n) is 18.3. The Morgan fingerprint density at radius 1 is 0.935 bits per heavy atom. The Kier molecular flexibility index (Phi) is 5.89. The molecule has 4 aromatic rings. The van der Waals surface area contributed by atoms with E-state index >= 15 is 0 Å². The average molecular weight is 417 g/mol. The molecule has 6 nitrogen and oxygen atoms in total. The number of aryl methyl sites for hydroxylation is 2. The minimum absolute atomic E-state index is 0.281. The second kappa shape index (κ2) is 8.76. The number of benzene rings is 2. The van der Waals surface area contributed by atoms with E-state index in [4.69, 9.17) is 0 Å². The lowest BCUT2D eigenvalue weighted by atomic mass is 10.0. The zero-order chi connectivity index (χ0) is 22.0. The Balaban J connectivity index is 1.89. The summed E-state index contributed by atoms with van der Waals surface area (Å²) in [6.45, 7) is 7.32. The van der Waals surface area contributed by atoms with E-state index in [2.05, 4.69) is 25.8 Å². The van der Waals surface area contributed by atoms with Gasteiger partial charge in [-0.05, 0) is 42.0 Å². The highest BCUT2D eigenvalue weighted by atomic mass is 16.2. The number of hydrogen-bond donors (Lipinski definition) is 0. The quantitative estimate of drug-likeness (QED) is 0.455. The van der Waals surface area contributed by atoms with Gasteiger partial charge in [0.1, 0.15) is 0 Å². The maximum Gasteiger partial charge on any atom is 0.337 e. The first-order chi connectivity index (χ1) is 15.0. The summed E-state index contributed by atoms with van der Waals surface area (Å²) in [5.74, 6) is 0.398. The number of aromatic nitrogens is 4. The minimum Gasteiger partial charge on any atom is -0.325 e. The van der Waals surface area contributed by atoms with Gasteiger partial charge >= 0.3 is 5.69 Å². The third-order valence-corrected chi connectivity index (χ3v) is 5.65. The molecule has 0 aliphatic rings. The van der Waals surface area contributed by atoms with Crippen LogP contribution in [0.25, 0.3) is 16.9 Å². The van der Waals surface area contributed by atoms with Gasteiger partial charge in [-0.15, -0.1) is 0 Å². The summed E-state index contributed by atoms with van der Waals surface area (Å²) in [6.07, 6.45) is 3.14. The topological polar surface area (TPSA) is 61.8 Å². The Hall–Kier alpha value is -3.41. The fraction of sp³-hybridized carbons (Fsp3) is 0.320. The maximum absolute atomic E-state index is 13.5. The number of nitrogens with zero attached hydrogens (tertiary/aromatic N) is 4. The Labute approximate surface area is 181 Å². The van der Waals surface area contributed by atoms with Crippen LogP contribution in [0.5, 0.6) is 0 Å². The van der Waals surface area contributed by atoms with E-state index in [1.54, 1.807) is 10.9 Å². The first-order valence-electron chi connectivity index (χ1n) is 10.9. The summed E-state index contributed by atoms with van der Waals surface area (Å²) in [6, 6.07) is 17.8. The summed E-state index contributed by atoms with van der Waals surface area (Å²) >= 11 is 0. The largest absolute Gasteiger partial charge is 0.337 e. The lowest BCUT2D eigenvalue weighted by Crippen LogP contribution is -2.40. The van der Waals surface area contributed by atoms with Crippen LogP contribution >= 0.6 is 0 Å². The van der Waals surface area contributed by atoms with Crippen molar-refractivity contribution in [1.82, 2.24) is 18.7 Å². The van der Waals surface area contributed by atoms with Gasteiger partial charge in [-0.25, -0.2) is 14.3 Å². The number of hydrogen-bond acceptors (Lipinski definition) is 3. The van der Waals surface area contributed by atoms with E-state index in [1.807, 2.05) is 59.2 Å². The molecule has 0 saturated heterocycles. The van der Waals surface area contributed by atoms with Gasteiger partial charge in [0, 0.05) is 13.1 Å². The molecule has 0 atom stereocenters. The number of imidazole rings is 1. The van der Waals surface area contributed by atoms with Crippen LogP contribution in [0.3, 0.4) is 0 Å². The summed E-state index contributed by atoms with van der Waals surface area (Å²) < 4.78 is 4.77. The van der Waals surface area contributed by atoms with Crippen LogP contribution in [0, 0.1) is 0 Å². The van der Waals surface area contributed by atoms with Gasteiger partial charge in [0.05, 0.1) is 12.0 Å². The van der Waals surface area contributed by atoms with E-state index in [0.717, 1.165) is 17.7 Å². The van der Waals surface area contributed by atoms with Crippen LogP contribution in [-0.2, 0) is 19.5 Å². The predicted octanol–water partition coefficient (Wildman–Crippen LogP) is 4.13. The molecule has 0 N–H and O–H groups in total. The van der Waals surface area contributed by atoms with Gasteiger partial charge in [0.15, 0.2) is 11.2 Å². The summed E-state index contributed by atoms with van der Waals surface area (Å²) in [4.78, 5) is 31.3. The molecule has 0 aliphatic carbocycles. The Morgan fingerprint density at radius 3 is 2.29 bits per heavy atom. The van der Waals surface area contributed by atoms with Crippen molar-refractivity contribution in [3.05, 3.63) is 92.9 Å². The number of fused-ring (bicyclic) bond motifs is 1. The highest BCUT2D eigenvalue weighted by Gasteiger charge is 2.19. The zero-order valence-corrected chi connectivity index (χ0v) is 18.3. The van der Waals surface area contributed by atoms with Crippen LogP contribution in [0.2, 0.25) is 0 Å². The van der Waals surface area contributed by atoms with E-state index in [9.17, 15) is 9.59 Å². The van der Waals surface area contributed by atoms with Gasteiger partial charge in [0.25, 0.3) is 5.56 Å². The third-order valence-electron chi connectivity index (χ3n) is 5.65. The first kappa shape index (κ1) is 20.8. The predicted molar refractivity (Wildman–Crippen MR) is 124 cm³/mol. The van der Waals surface area contributed by atoms with Crippen molar-refractivity contribution < 1.29 is 0 Å². The molecule has 2 heterocycles. The van der Waals surface area contributed by atoms with Gasteiger partial charge in [-0.1, -0.05) is 63.2 Å². The third kappa shape index (κ3) is 3.98. The van der Waals surface area contributed by atoms with Crippen molar-refractivity contribution in [2.45, 2.75) is 52.6 Å². The SMILES string of the molecule is CCCn1cnc2c1c(=O)n(CCc1ccccc1)c(=O)n2-c1ccc(C(C)C)cc1. The van der Waals surface area contributed by atoms with Crippen molar-refractivity contribution in [1.29, 1.82) is 0 Å². The molecule has 0 radical (unpaired) electrons. The van der Waals surface area contributed by atoms with Crippen LogP contribution in [0.4, 0.5) is 0 Å². The van der Waals surface area contributed by atoms with Crippen molar-refractivity contribution in [2.24, 2.45) is 0 Å². The summed E-state index contributed by atoms with van der Waals surface area (Å²) in [5, 5.41) is 0. The van der Waals surface area contributed by atoms with Crippen LogP contribution in [0.15, 0.2) is 70.5 Å². The minimum atomic E-state index is -0.354. The Bertz CT molecular complexity index is 1300. The van der Waals surface area contributed by atoms with Gasteiger partial charge in [0.2, 0.25) is 0 Å². The van der Waals surface area contributed by atoms with Crippen LogP contribution in [-0.4, -0.2) is 18.7 Å². The molecule has 4 rings (SSSR count). The van der Waals surface area contributed by atoms with Gasteiger partial charge < -0.3 is 4.57 Å². The molecule has 0 saturated carbocycles. The molecule has 0 fully saturated rings. The van der Waals surface area contributed by atoms with Crippen molar-refractivity contribution in [3.63, 3.8) is 0 Å². The lowest BCUT2D eigenvalue weighted by Gasteiger charge is -2.14. The average Bonchev–Trinajstić information content (AvgIpc) is 3.18. The summed E-state index contributed by atoms with van der Waals surface area (Å²) in [7, 11) is 0. The lowest BCUT2D eigenvalue weighted by molar-refractivity contribution is 0.612. The molecule has 0 bridgehead atoms. The fourth-order valence-corrected chi connectivity index (χ4v) is 3.91. The Morgan fingerprint density at radius 2 is 1.65 bits per heavy atom. The van der Waals surface area contributed by atoms with E-state index in [-0.39, 0.29) is 11.2 Å². The summed E-state index contributed by atoms with van der Waals surface area (Å²) in [5.41, 5.74) is 3.25. The van der Waals surface area contributed by atoms with Gasteiger partial charge in [-0.3, -0.25) is 9.36 Å². The molecule has 0 amide bonds. The molecule has 160 valence electrons. The maximum atomic E-state index is 13.5. The molecule has 2 aromatic carbocycles. The normalized spacial score (nSPS) is 11.5. The van der Waals surface area contributed by atoms with Crippen molar-refractivity contribution in [2.75, 3.05) is 0 Å². The van der Waals surface area contributed by atoms with Crippen molar-refractivity contribution >= 4 is 11.2 Å². The van der Waals surface area contributed by atoms with E-state index < -0.39 is 0 Å². The van der Waals surface area contributed by atoms with Gasteiger partial charge in [-0.2, -0.15) is 0 Å². The molecule has 0 aliphatic heterocycles. The van der Waals surface area contributed by atoms with E-state index in [1.165, 1.54) is 10.1 Å². The molecule has 2 aromatic heterocycles. The molecule has 0 spiro atoms. The molecule has 0 unspecified atom stereocenters. The smallest absolute Gasteiger partial charge is 0.325 e. The second-order valence-corrected chi connectivity index (χ2v) is 8.17. The highest BCUT2D eigenvalue weighted by Crippen LogP contribution is 2.18. The highest BCUT2D eigenvalue weighted by molar-refractivity contribution is 5.72. The van der Waals surface area contributed by atoms with Crippen LogP contribution in [0.1, 0.15) is 44.2 Å². The molecule has 31 heavy (non-hydrogen) atoms. The standard InChI is InChI=1S/C25H28N4O2/c1-4-15-27-17-26-23-22(27)24(30)28(16-14-19-8-6-5-7-9-19)25(31)29(23)21-12-10-20(11-13-21)18(2)3/h5-13,17-18H,4,14-16H2,1-3H3. The fourth-order valence-electron chi connectivity index (χ4n) is 3.91.